The van der Waals surface area contributed by atoms with Gasteiger partial charge in [-0.1, -0.05) is 13.0 Å². The van der Waals surface area contributed by atoms with Crippen LogP contribution < -0.4 is 19.5 Å². The number of nitrogens with zero attached hydrogens (tertiary/aromatic N) is 1. The molecule has 32 heavy (non-hydrogen) atoms. The number of anilines is 1. The lowest BCUT2D eigenvalue weighted by Crippen LogP contribution is -2.36. The quantitative estimate of drug-likeness (QED) is 0.533. The molecule has 2 aromatic carbocycles. The average molecular weight is 519 g/mol. The third-order valence-electron chi connectivity index (χ3n) is 4.55. The first-order chi connectivity index (χ1) is 15.4. The van der Waals surface area contributed by atoms with Crippen molar-refractivity contribution in [1.82, 2.24) is 4.90 Å². The Morgan fingerprint density at radius 2 is 2.03 bits per heavy atom. The molecule has 2 aromatic rings. The fourth-order valence-electron chi connectivity index (χ4n) is 3.04. The summed E-state index contributed by atoms with van der Waals surface area (Å²) in [6.45, 7) is 2.36. The molecule has 0 saturated carbocycles. The summed E-state index contributed by atoms with van der Waals surface area (Å²) in [7, 11) is 0. The summed E-state index contributed by atoms with van der Waals surface area (Å²) >= 11 is 4.26. The van der Waals surface area contributed by atoms with E-state index < -0.39 is 17.1 Å². The summed E-state index contributed by atoms with van der Waals surface area (Å²) in [6, 6.07) is 10.4. The van der Waals surface area contributed by atoms with Crippen molar-refractivity contribution in [2.75, 3.05) is 25.3 Å². The summed E-state index contributed by atoms with van der Waals surface area (Å²) in [5.74, 6) is 0.818. The van der Waals surface area contributed by atoms with Gasteiger partial charge in [-0.3, -0.25) is 19.3 Å². The average Bonchev–Trinajstić information content (AvgIpc) is 3.33. The van der Waals surface area contributed by atoms with E-state index in [9.17, 15) is 14.4 Å². The van der Waals surface area contributed by atoms with Crippen molar-refractivity contribution in [2.45, 2.75) is 13.3 Å². The molecule has 0 aliphatic carbocycles. The van der Waals surface area contributed by atoms with Crippen molar-refractivity contribution in [2.24, 2.45) is 0 Å². The van der Waals surface area contributed by atoms with E-state index in [1.54, 1.807) is 36.4 Å². The number of hydrogen-bond acceptors (Lipinski definition) is 7. The van der Waals surface area contributed by atoms with E-state index in [1.807, 2.05) is 13.0 Å². The molecule has 0 radical (unpaired) electrons. The zero-order chi connectivity index (χ0) is 22.7. The van der Waals surface area contributed by atoms with E-state index in [0.29, 0.717) is 29.5 Å². The van der Waals surface area contributed by atoms with Gasteiger partial charge >= 0.3 is 0 Å². The summed E-state index contributed by atoms with van der Waals surface area (Å²) in [5.41, 5.74) is 1.22. The van der Waals surface area contributed by atoms with Gasteiger partial charge in [0.15, 0.2) is 11.5 Å². The third kappa shape index (κ3) is 4.91. The number of benzene rings is 2. The van der Waals surface area contributed by atoms with Gasteiger partial charge in [0.05, 0.1) is 16.0 Å². The molecular formula is C22H19BrN2O6S. The van der Waals surface area contributed by atoms with E-state index in [-0.39, 0.29) is 18.2 Å². The molecule has 1 N–H and O–H groups in total. The maximum absolute atomic E-state index is 12.7. The van der Waals surface area contributed by atoms with Gasteiger partial charge in [0, 0.05) is 11.8 Å². The largest absolute Gasteiger partial charge is 0.492 e. The Bertz CT molecular complexity index is 1120. The van der Waals surface area contributed by atoms with Crippen LogP contribution in [-0.4, -0.2) is 41.9 Å². The van der Waals surface area contributed by atoms with Gasteiger partial charge in [-0.05, 0) is 70.0 Å². The second-order valence-corrected chi connectivity index (χ2v) is 8.77. The number of fused-ring (bicyclic) bond motifs is 1. The van der Waals surface area contributed by atoms with Crippen molar-refractivity contribution in [3.63, 3.8) is 0 Å². The number of carbonyl (C=O) groups is 3. The molecule has 1 saturated heterocycles. The van der Waals surface area contributed by atoms with Gasteiger partial charge in [0.2, 0.25) is 12.7 Å². The van der Waals surface area contributed by atoms with Crippen LogP contribution in [0.5, 0.6) is 17.2 Å². The molecule has 8 nitrogen and oxygen atoms in total. The van der Waals surface area contributed by atoms with E-state index >= 15 is 0 Å². The van der Waals surface area contributed by atoms with E-state index in [1.165, 1.54) is 0 Å². The highest BCUT2D eigenvalue weighted by Crippen LogP contribution is 2.35. The number of nitrogens with one attached hydrogen (secondary N) is 1. The standard InChI is InChI=1S/C22H19BrN2O6S/c1-2-7-29-16-5-3-13(8-15(16)23)9-19-21(27)25(22(28)32-19)11-20(26)24-14-4-6-17-18(10-14)31-12-30-17/h3-6,8-10H,2,7,11-12H2,1H3,(H,24,26)/b19-9-. The minimum atomic E-state index is -0.511. The number of ether oxygens (including phenoxy) is 3. The molecule has 4 rings (SSSR count). The second kappa shape index (κ2) is 9.66. The maximum atomic E-state index is 12.7. The van der Waals surface area contributed by atoms with Crippen LogP contribution in [0.25, 0.3) is 6.08 Å². The smallest absolute Gasteiger partial charge is 0.294 e. The van der Waals surface area contributed by atoms with Crippen LogP contribution in [0.2, 0.25) is 0 Å². The minimum Gasteiger partial charge on any atom is -0.492 e. The Labute approximate surface area is 197 Å². The highest BCUT2D eigenvalue weighted by Gasteiger charge is 2.36. The van der Waals surface area contributed by atoms with Crippen LogP contribution in [0, 0.1) is 0 Å². The number of carbonyl (C=O) groups excluding carboxylic acids is 3. The highest BCUT2D eigenvalue weighted by molar-refractivity contribution is 9.10. The number of hydrogen-bond donors (Lipinski definition) is 1. The number of thioether (sulfide) groups is 1. The lowest BCUT2D eigenvalue weighted by Gasteiger charge is -2.12. The van der Waals surface area contributed by atoms with Crippen molar-refractivity contribution in [3.8, 4) is 17.2 Å². The lowest BCUT2D eigenvalue weighted by atomic mass is 10.2. The molecule has 2 aliphatic rings. The van der Waals surface area contributed by atoms with Crippen LogP contribution in [-0.2, 0) is 9.59 Å². The fraction of sp³-hybridized carbons (Fsp3) is 0.227. The van der Waals surface area contributed by atoms with Crippen LogP contribution in [0.1, 0.15) is 18.9 Å². The first kappa shape index (κ1) is 22.2. The van der Waals surface area contributed by atoms with Crippen LogP contribution in [0.4, 0.5) is 10.5 Å². The predicted molar refractivity (Wildman–Crippen MR) is 124 cm³/mol. The van der Waals surface area contributed by atoms with Gasteiger partial charge in [-0.25, -0.2) is 0 Å². The Balaban J connectivity index is 1.41. The molecule has 1 fully saturated rings. The predicted octanol–water partition coefficient (Wildman–Crippen LogP) is 4.64. The zero-order valence-electron chi connectivity index (χ0n) is 17.1. The SMILES string of the molecule is CCCOc1ccc(/C=C2\SC(=O)N(CC(=O)Nc3ccc4c(c3)OCO4)C2=O)cc1Br. The fourth-order valence-corrected chi connectivity index (χ4v) is 4.39. The Morgan fingerprint density at radius 3 is 2.81 bits per heavy atom. The van der Waals surface area contributed by atoms with Crippen LogP contribution in [0.15, 0.2) is 45.8 Å². The monoisotopic (exact) mass is 518 g/mol. The minimum absolute atomic E-state index is 0.126. The summed E-state index contributed by atoms with van der Waals surface area (Å²) < 4.78 is 16.9. The molecule has 0 atom stereocenters. The van der Waals surface area contributed by atoms with Gasteiger partial charge in [0.1, 0.15) is 12.3 Å². The number of amides is 3. The highest BCUT2D eigenvalue weighted by atomic mass is 79.9. The first-order valence-corrected chi connectivity index (χ1v) is 11.4. The van der Waals surface area contributed by atoms with Crippen molar-refractivity contribution in [1.29, 1.82) is 0 Å². The third-order valence-corrected chi connectivity index (χ3v) is 6.07. The van der Waals surface area contributed by atoms with Gasteiger partial charge < -0.3 is 19.5 Å². The number of rotatable bonds is 7. The van der Waals surface area contributed by atoms with Crippen molar-refractivity contribution < 1.29 is 28.6 Å². The van der Waals surface area contributed by atoms with E-state index in [0.717, 1.165) is 33.1 Å². The maximum Gasteiger partial charge on any atom is 0.294 e. The Kier molecular flexibility index (Phi) is 6.71. The van der Waals surface area contributed by atoms with E-state index in [2.05, 4.69) is 21.2 Å². The lowest BCUT2D eigenvalue weighted by molar-refractivity contribution is -0.127. The molecule has 0 bridgehead atoms. The summed E-state index contributed by atoms with van der Waals surface area (Å²) in [5, 5.41) is 2.17. The molecule has 166 valence electrons. The molecule has 2 aliphatic heterocycles. The van der Waals surface area contributed by atoms with E-state index in [4.69, 9.17) is 14.2 Å². The summed E-state index contributed by atoms with van der Waals surface area (Å²) in [4.78, 5) is 38.7. The molecular weight excluding hydrogens is 500 g/mol. The molecule has 0 aromatic heterocycles. The zero-order valence-corrected chi connectivity index (χ0v) is 19.5. The molecule has 10 heteroatoms. The van der Waals surface area contributed by atoms with Crippen molar-refractivity contribution >= 4 is 56.5 Å². The molecule has 2 heterocycles. The number of halogens is 1. The van der Waals surface area contributed by atoms with Crippen LogP contribution in [0.3, 0.4) is 0 Å². The Morgan fingerprint density at radius 1 is 1.22 bits per heavy atom. The van der Waals surface area contributed by atoms with Gasteiger partial charge in [-0.15, -0.1) is 0 Å². The molecule has 0 unspecified atom stereocenters. The normalized spacial score (nSPS) is 16.1. The van der Waals surface area contributed by atoms with Crippen molar-refractivity contribution in [3.05, 3.63) is 51.3 Å². The molecule has 3 amide bonds. The van der Waals surface area contributed by atoms with Crippen LogP contribution >= 0.6 is 27.7 Å². The first-order valence-electron chi connectivity index (χ1n) is 9.82. The second-order valence-electron chi connectivity index (χ2n) is 6.92. The number of imide groups is 1. The summed E-state index contributed by atoms with van der Waals surface area (Å²) in [6.07, 6.45) is 2.51. The van der Waals surface area contributed by atoms with Gasteiger partial charge in [-0.2, -0.15) is 0 Å². The molecule has 0 spiro atoms. The van der Waals surface area contributed by atoms with Gasteiger partial charge in [0.25, 0.3) is 11.1 Å². The Hall–Kier alpha value is -2.98. The topological polar surface area (TPSA) is 94.2 Å².